The van der Waals surface area contributed by atoms with Crippen molar-refractivity contribution in [3.8, 4) is 0 Å². The zero-order valence-corrected chi connectivity index (χ0v) is 14.0. The Bertz CT molecular complexity index is 590. The van der Waals surface area contributed by atoms with Crippen LogP contribution in [0.25, 0.3) is 0 Å². The Hall–Kier alpha value is -0.910. The molecule has 1 aliphatic carbocycles. The Balaban J connectivity index is 2.26. The summed E-state index contributed by atoms with van der Waals surface area (Å²) in [5.74, 6) is 0. The molecule has 0 aliphatic heterocycles. The maximum atomic E-state index is 12.7. The van der Waals surface area contributed by atoms with Gasteiger partial charge in [-0.1, -0.05) is 31.9 Å². The van der Waals surface area contributed by atoms with Crippen molar-refractivity contribution in [2.24, 2.45) is 0 Å². The summed E-state index contributed by atoms with van der Waals surface area (Å²) in [5, 5.41) is 3.23. The average Bonchev–Trinajstić information content (AvgIpc) is 2.83. The SMILES string of the molecule is CCNCc1ccc(C)c(S(=O)(=O)NC2(C)CCCC2)c1. The molecule has 1 saturated carbocycles. The van der Waals surface area contributed by atoms with Gasteiger partial charge in [-0.05, 0) is 50.4 Å². The van der Waals surface area contributed by atoms with Gasteiger partial charge in [0.2, 0.25) is 10.0 Å². The van der Waals surface area contributed by atoms with Gasteiger partial charge in [0.25, 0.3) is 0 Å². The van der Waals surface area contributed by atoms with Crippen LogP contribution in [0.1, 0.15) is 50.7 Å². The highest BCUT2D eigenvalue weighted by Gasteiger charge is 2.34. The third kappa shape index (κ3) is 4.05. The second-order valence-corrected chi connectivity index (χ2v) is 7.90. The van der Waals surface area contributed by atoms with E-state index in [4.69, 9.17) is 0 Å². The van der Waals surface area contributed by atoms with Gasteiger partial charge in [-0.3, -0.25) is 0 Å². The lowest BCUT2D eigenvalue weighted by molar-refractivity contribution is 0.427. The van der Waals surface area contributed by atoms with Crippen molar-refractivity contribution in [2.45, 2.75) is 63.4 Å². The van der Waals surface area contributed by atoms with Crippen molar-refractivity contribution < 1.29 is 8.42 Å². The van der Waals surface area contributed by atoms with Gasteiger partial charge in [0.1, 0.15) is 0 Å². The summed E-state index contributed by atoms with van der Waals surface area (Å²) in [7, 11) is -3.46. The van der Waals surface area contributed by atoms with E-state index < -0.39 is 10.0 Å². The monoisotopic (exact) mass is 310 g/mol. The molecule has 0 unspecified atom stereocenters. The largest absolute Gasteiger partial charge is 0.313 e. The molecule has 0 amide bonds. The summed E-state index contributed by atoms with van der Waals surface area (Å²) < 4.78 is 28.3. The topological polar surface area (TPSA) is 58.2 Å². The van der Waals surface area contributed by atoms with Crippen LogP contribution in [0.3, 0.4) is 0 Å². The van der Waals surface area contributed by atoms with Crippen molar-refractivity contribution in [2.75, 3.05) is 6.54 Å². The highest BCUT2D eigenvalue weighted by Crippen LogP contribution is 2.31. The van der Waals surface area contributed by atoms with Crippen molar-refractivity contribution in [3.05, 3.63) is 29.3 Å². The lowest BCUT2D eigenvalue weighted by atomic mass is 10.0. The smallest absolute Gasteiger partial charge is 0.241 e. The molecular weight excluding hydrogens is 284 g/mol. The minimum atomic E-state index is -3.46. The first-order valence-electron chi connectivity index (χ1n) is 7.70. The van der Waals surface area contributed by atoms with Crippen LogP contribution in [0.2, 0.25) is 0 Å². The van der Waals surface area contributed by atoms with Gasteiger partial charge in [-0.25, -0.2) is 13.1 Å². The van der Waals surface area contributed by atoms with Gasteiger partial charge in [0.15, 0.2) is 0 Å². The molecule has 1 fully saturated rings. The quantitative estimate of drug-likeness (QED) is 0.849. The van der Waals surface area contributed by atoms with Gasteiger partial charge in [0.05, 0.1) is 4.90 Å². The molecule has 0 aromatic heterocycles. The molecule has 1 aromatic carbocycles. The molecule has 0 atom stereocenters. The van der Waals surface area contributed by atoms with Gasteiger partial charge >= 0.3 is 0 Å². The number of hydrogen-bond acceptors (Lipinski definition) is 3. The Morgan fingerprint density at radius 3 is 2.52 bits per heavy atom. The lowest BCUT2D eigenvalue weighted by Gasteiger charge is -2.25. The fourth-order valence-corrected chi connectivity index (χ4v) is 4.71. The van der Waals surface area contributed by atoms with E-state index in [-0.39, 0.29) is 5.54 Å². The van der Waals surface area contributed by atoms with E-state index in [0.717, 1.165) is 43.4 Å². The van der Waals surface area contributed by atoms with Gasteiger partial charge in [-0.15, -0.1) is 0 Å². The van der Waals surface area contributed by atoms with Crippen LogP contribution in [-0.2, 0) is 16.6 Å². The molecule has 2 rings (SSSR count). The molecule has 0 spiro atoms. The zero-order chi connectivity index (χ0) is 15.5. The first-order chi connectivity index (χ1) is 9.86. The summed E-state index contributed by atoms with van der Waals surface area (Å²) in [5.41, 5.74) is 1.51. The normalized spacial score (nSPS) is 18.0. The number of nitrogens with one attached hydrogen (secondary N) is 2. The second kappa shape index (κ2) is 6.46. The Labute approximate surface area is 128 Å². The van der Waals surface area contributed by atoms with E-state index in [1.165, 1.54) is 0 Å². The molecule has 0 saturated heterocycles. The highest BCUT2D eigenvalue weighted by molar-refractivity contribution is 7.89. The van der Waals surface area contributed by atoms with Gasteiger partial charge in [0, 0.05) is 12.1 Å². The van der Waals surface area contributed by atoms with Gasteiger partial charge < -0.3 is 5.32 Å². The van der Waals surface area contributed by atoms with Crippen LogP contribution < -0.4 is 10.0 Å². The number of benzene rings is 1. The summed E-state index contributed by atoms with van der Waals surface area (Å²) in [6, 6.07) is 5.66. The van der Waals surface area contributed by atoms with E-state index in [1.54, 1.807) is 6.07 Å². The maximum Gasteiger partial charge on any atom is 0.241 e. The predicted octanol–water partition coefficient (Wildman–Crippen LogP) is 2.72. The van der Waals surface area contributed by atoms with Crippen LogP contribution in [-0.4, -0.2) is 20.5 Å². The van der Waals surface area contributed by atoms with Crippen LogP contribution >= 0.6 is 0 Å². The van der Waals surface area contributed by atoms with Crippen molar-refractivity contribution in [1.82, 2.24) is 10.0 Å². The van der Waals surface area contributed by atoms with Crippen LogP contribution in [0.5, 0.6) is 0 Å². The summed E-state index contributed by atoms with van der Waals surface area (Å²) in [6.07, 6.45) is 4.03. The molecule has 0 radical (unpaired) electrons. The Morgan fingerprint density at radius 1 is 1.24 bits per heavy atom. The minimum absolute atomic E-state index is 0.289. The molecular formula is C16H26N2O2S. The molecule has 0 bridgehead atoms. The molecule has 1 aliphatic rings. The van der Waals surface area contributed by atoms with Crippen LogP contribution in [0.15, 0.2) is 23.1 Å². The molecule has 21 heavy (non-hydrogen) atoms. The molecule has 2 N–H and O–H groups in total. The summed E-state index contributed by atoms with van der Waals surface area (Å²) in [6.45, 7) is 7.45. The van der Waals surface area contributed by atoms with E-state index in [1.807, 2.05) is 32.9 Å². The molecule has 5 heteroatoms. The fraction of sp³-hybridized carbons (Fsp3) is 0.625. The minimum Gasteiger partial charge on any atom is -0.313 e. The zero-order valence-electron chi connectivity index (χ0n) is 13.2. The Morgan fingerprint density at radius 2 is 1.90 bits per heavy atom. The molecule has 4 nitrogen and oxygen atoms in total. The van der Waals surface area contributed by atoms with Crippen molar-refractivity contribution >= 4 is 10.0 Å². The number of aryl methyl sites for hydroxylation is 1. The van der Waals surface area contributed by atoms with E-state index >= 15 is 0 Å². The number of hydrogen-bond donors (Lipinski definition) is 2. The lowest BCUT2D eigenvalue weighted by Crippen LogP contribution is -2.43. The second-order valence-electron chi connectivity index (χ2n) is 6.25. The first-order valence-corrected chi connectivity index (χ1v) is 9.19. The standard InChI is InChI=1S/C16H26N2O2S/c1-4-17-12-14-8-7-13(2)15(11-14)21(19,20)18-16(3)9-5-6-10-16/h7-8,11,17-18H,4-6,9-10,12H2,1-3H3. The van der Waals surface area contributed by atoms with Crippen molar-refractivity contribution in [3.63, 3.8) is 0 Å². The van der Waals surface area contributed by atoms with E-state index in [0.29, 0.717) is 11.4 Å². The summed E-state index contributed by atoms with van der Waals surface area (Å²) >= 11 is 0. The molecule has 0 heterocycles. The number of rotatable bonds is 6. The Kier molecular flexibility index (Phi) is 5.07. The molecule has 1 aromatic rings. The van der Waals surface area contributed by atoms with Crippen molar-refractivity contribution in [1.29, 1.82) is 0 Å². The van der Waals surface area contributed by atoms with Crippen LogP contribution in [0.4, 0.5) is 0 Å². The first kappa shape index (κ1) is 16.5. The average molecular weight is 310 g/mol. The number of sulfonamides is 1. The predicted molar refractivity (Wildman–Crippen MR) is 85.8 cm³/mol. The van der Waals surface area contributed by atoms with E-state index in [9.17, 15) is 8.42 Å². The maximum absolute atomic E-state index is 12.7. The van der Waals surface area contributed by atoms with Crippen LogP contribution in [0, 0.1) is 6.92 Å². The van der Waals surface area contributed by atoms with E-state index in [2.05, 4.69) is 10.0 Å². The molecule has 118 valence electrons. The third-order valence-corrected chi connectivity index (χ3v) is 5.99. The van der Waals surface area contributed by atoms with Gasteiger partial charge in [-0.2, -0.15) is 0 Å². The highest BCUT2D eigenvalue weighted by atomic mass is 32.2. The summed E-state index contributed by atoms with van der Waals surface area (Å²) in [4.78, 5) is 0.408. The third-order valence-electron chi connectivity index (χ3n) is 4.21. The fourth-order valence-electron chi connectivity index (χ4n) is 2.95.